The predicted octanol–water partition coefficient (Wildman–Crippen LogP) is 1.95. The zero-order valence-electron chi connectivity index (χ0n) is 13.4. The van der Waals surface area contributed by atoms with Gasteiger partial charge in [0.1, 0.15) is 11.4 Å². The van der Waals surface area contributed by atoms with E-state index in [0.717, 1.165) is 35.0 Å². The second-order valence-electron chi connectivity index (χ2n) is 5.81. The largest absolute Gasteiger partial charge is 0.467 e. The standard InChI is InChI=1S/C15H21N5O3/c1-3-18(12-7-5-4-6-8-12)14(21)20-15(22)19(16-17-20)13-9-10-23-11(13)2/h9-10,12H,3-8H2,1-2H3. The van der Waals surface area contributed by atoms with Crippen LogP contribution in [0.15, 0.2) is 21.5 Å². The van der Waals surface area contributed by atoms with E-state index in [1.54, 1.807) is 17.9 Å². The Kier molecular flexibility index (Phi) is 4.31. The van der Waals surface area contributed by atoms with Crippen LogP contribution in [0.4, 0.5) is 4.79 Å². The minimum atomic E-state index is -0.575. The molecule has 1 amide bonds. The van der Waals surface area contributed by atoms with E-state index in [0.29, 0.717) is 18.0 Å². The van der Waals surface area contributed by atoms with Gasteiger partial charge in [0, 0.05) is 18.7 Å². The van der Waals surface area contributed by atoms with Gasteiger partial charge in [0.25, 0.3) is 0 Å². The Morgan fingerprint density at radius 2 is 2.09 bits per heavy atom. The Morgan fingerprint density at radius 3 is 2.70 bits per heavy atom. The van der Waals surface area contributed by atoms with Crippen molar-refractivity contribution < 1.29 is 9.21 Å². The van der Waals surface area contributed by atoms with E-state index in [-0.39, 0.29) is 6.04 Å². The molecule has 8 nitrogen and oxygen atoms in total. The summed E-state index contributed by atoms with van der Waals surface area (Å²) < 4.78 is 7.10. The molecule has 0 radical (unpaired) electrons. The van der Waals surface area contributed by atoms with Crippen LogP contribution in [0.1, 0.15) is 44.8 Å². The minimum Gasteiger partial charge on any atom is -0.467 e. The van der Waals surface area contributed by atoms with Gasteiger partial charge < -0.3 is 9.32 Å². The lowest BCUT2D eigenvalue weighted by atomic mass is 9.94. The van der Waals surface area contributed by atoms with Crippen molar-refractivity contribution in [1.29, 1.82) is 0 Å². The zero-order valence-corrected chi connectivity index (χ0v) is 13.4. The summed E-state index contributed by atoms with van der Waals surface area (Å²) in [6.07, 6.45) is 6.86. The van der Waals surface area contributed by atoms with Crippen molar-refractivity contribution >= 4 is 6.03 Å². The van der Waals surface area contributed by atoms with Crippen LogP contribution in [-0.4, -0.2) is 43.3 Å². The molecule has 0 atom stereocenters. The number of rotatable bonds is 3. The topological polar surface area (TPSA) is 86.2 Å². The van der Waals surface area contributed by atoms with Gasteiger partial charge in [0.15, 0.2) is 0 Å². The molecule has 1 fully saturated rings. The second kappa shape index (κ2) is 6.39. The van der Waals surface area contributed by atoms with Crippen LogP contribution in [-0.2, 0) is 0 Å². The number of nitrogens with zero attached hydrogens (tertiary/aromatic N) is 5. The lowest BCUT2D eigenvalue weighted by Crippen LogP contribution is -2.46. The van der Waals surface area contributed by atoms with E-state index in [2.05, 4.69) is 10.4 Å². The van der Waals surface area contributed by atoms with E-state index in [9.17, 15) is 9.59 Å². The van der Waals surface area contributed by atoms with Gasteiger partial charge in [-0.3, -0.25) is 0 Å². The Bertz CT molecular complexity index is 738. The van der Waals surface area contributed by atoms with Crippen LogP contribution in [0.25, 0.3) is 5.69 Å². The van der Waals surface area contributed by atoms with Crippen molar-refractivity contribution in [2.45, 2.75) is 52.0 Å². The van der Waals surface area contributed by atoms with Crippen LogP contribution in [0.2, 0.25) is 0 Å². The maximum atomic E-state index is 12.7. The molecule has 0 unspecified atom stereocenters. The zero-order chi connectivity index (χ0) is 16.4. The number of hydrogen-bond donors (Lipinski definition) is 0. The smallest absolute Gasteiger partial charge is 0.377 e. The first-order chi connectivity index (χ1) is 11.1. The van der Waals surface area contributed by atoms with E-state index >= 15 is 0 Å². The highest BCUT2D eigenvalue weighted by Crippen LogP contribution is 2.22. The lowest BCUT2D eigenvalue weighted by molar-refractivity contribution is 0.157. The summed E-state index contributed by atoms with van der Waals surface area (Å²) in [5.74, 6) is 0.547. The number of carbonyl (C=O) groups excluding carboxylic acids is 1. The monoisotopic (exact) mass is 319 g/mol. The Balaban J connectivity index is 1.89. The Morgan fingerprint density at radius 1 is 1.35 bits per heavy atom. The third kappa shape index (κ3) is 2.80. The molecule has 0 N–H and O–H groups in total. The maximum Gasteiger partial charge on any atom is 0.377 e. The van der Waals surface area contributed by atoms with Gasteiger partial charge in [0.2, 0.25) is 0 Å². The first kappa shape index (κ1) is 15.5. The number of furan rings is 1. The highest BCUT2D eigenvalue weighted by atomic mass is 16.3. The van der Waals surface area contributed by atoms with Crippen molar-refractivity contribution in [3.05, 3.63) is 28.6 Å². The van der Waals surface area contributed by atoms with Gasteiger partial charge in [-0.1, -0.05) is 19.3 Å². The first-order valence-electron chi connectivity index (χ1n) is 8.04. The van der Waals surface area contributed by atoms with Crippen LogP contribution in [0, 0.1) is 6.92 Å². The molecule has 1 aliphatic rings. The summed E-state index contributed by atoms with van der Waals surface area (Å²) >= 11 is 0. The van der Waals surface area contributed by atoms with Gasteiger partial charge in [0.05, 0.1) is 6.26 Å². The number of amides is 1. The number of tetrazole rings is 1. The quantitative estimate of drug-likeness (QED) is 0.807. The van der Waals surface area contributed by atoms with E-state index in [4.69, 9.17) is 4.42 Å². The molecule has 8 heteroatoms. The molecule has 124 valence electrons. The average molecular weight is 319 g/mol. The van der Waals surface area contributed by atoms with E-state index in [1.807, 2.05) is 6.92 Å². The molecule has 0 bridgehead atoms. The molecule has 0 aliphatic heterocycles. The van der Waals surface area contributed by atoms with E-state index in [1.165, 1.54) is 12.7 Å². The summed E-state index contributed by atoms with van der Waals surface area (Å²) in [6.45, 7) is 4.19. The molecule has 1 aliphatic carbocycles. The molecule has 23 heavy (non-hydrogen) atoms. The fourth-order valence-corrected chi connectivity index (χ4v) is 3.18. The summed E-state index contributed by atoms with van der Waals surface area (Å²) in [7, 11) is 0. The molecular weight excluding hydrogens is 298 g/mol. The summed E-state index contributed by atoms with van der Waals surface area (Å²) in [5, 5.41) is 7.57. The SMILES string of the molecule is CCN(C(=O)n1nnn(-c2ccoc2C)c1=O)C1CCCCC1. The van der Waals surface area contributed by atoms with Gasteiger partial charge in [-0.05, 0) is 37.1 Å². The fourth-order valence-electron chi connectivity index (χ4n) is 3.18. The molecule has 3 rings (SSSR count). The van der Waals surface area contributed by atoms with Crippen molar-refractivity contribution in [2.75, 3.05) is 6.54 Å². The highest BCUT2D eigenvalue weighted by molar-refractivity contribution is 5.75. The second-order valence-corrected chi connectivity index (χ2v) is 5.81. The number of aromatic nitrogens is 4. The van der Waals surface area contributed by atoms with Gasteiger partial charge >= 0.3 is 11.7 Å². The lowest BCUT2D eigenvalue weighted by Gasteiger charge is -2.32. The Hall–Kier alpha value is -2.38. The summed E-state index contributed by atoms with van der Waals surface area (Å²) in [6, 6.07) is 1.39. The fraction of sp³-hybridized carbons (Fsp3) is 0.600. The van der Waals surface area contributed by atoms with Crippen molar-refractivity contribution in [3.8, 4) is 5.69 Å². The number of aryl methyl sites for hydroxylation is 1. The summed E-state index contributed by atoms with van der Waals surface area (Å²) in [5.41, 5.74) is -0.0801. The molecule has 2 aromatic rings. The number of hydrogen-bond acceptors (Lipinski definition) is 5. The van der Waals surface area contributed by atoms with Gasteiger partial charge in [-0.15, -0.1) is 4.68 Å². The van der Waals surface area contributed by atoms with Crippen LogP contribution >= 0.6 is 0 Å². The average Bonchev–Trinajstić information content (AvgIpc) is 3.14. The van der Waals surface area contributed by atoms with Crippen LogP contribution in [0.3, 0.4) is 0 Å². The van der Waals surface area contributed by atoms with Crippen molar-refractivity contribution in [1.82, 2.24) is 24.7 Å². The van der Waals surface area contributed by atoms with Crippen molar-refractivity contribution in [2.24, 2.45) is 0 Å². The summed E-state index contributed by atoms with van der Waals surface area (Å²) in [4.78, 5) is 26.9. The molecule has 0 saturated heterocycles. The minimum absolute atomic E-state index is 0.175. The molecule has 2 heterocycles. The third-order valence-electron chi connectivity index (χ3n) is 4.42. The number of carbonyl (C=O) groups is 1. The normalized spacial score (nSPS) is 15.7. The molecular formula is C15H21N5O3. The highest BCUT2D eigenvalue weighted by Gasteiger charge is 2.28. The van der Waals surface area contributed by atoms with Gasteiger partial charge in [-0.25, -0.2) is 9.59 Å². The Labute approximate surface area is 133 Å². The maximum absolute atomic E-state index is 12.7. The first-order valence-corrected chi connectivity index (χ1v) is 8.04. The molecule has 0 spiro atoms. The van der Waals surface area contributed by atoms with Gasteiger partial charge in [-0.2, -0.15) is 4.68 Å². The van der Waals surface area contributed by atoms with Crippen LogP contribution < -0.4 is 5.69 Å². The van der Waals surface area contributed by atoms with Crippen LogP contribution in [0.5, 0.6) is 0 Å². The van der Waals surface area contributed by atoms with Crippen molar-refractivity contribution in [3.63, 3.8) is 0 Å². The van der Waals surface area contributed by atoms with E-state index < -0.39 is 11.7 Å². The molecule has 2 aromatic heterocycles. The molecule has 0 aromatic carbocycles. The predicted molar refractivity (Wildman–Crippen MR) is 82.7 cm³/mol. The third-order valence-corrected chi connectivity index (χ3v) is 4.42. The molecule has 1 saturated carbocycles.